The largest absolute Gasteiger partial charge is 0.391 e. The van der Waals surface area contributed by atoms with Crippen LogP contribution in [0.25, 0.3) is 0 Å². The molecule has 0 aromatic carbocycles. The first-order valence-electron chi connectivity index (χ1n) is 8.99. The summed E-state index contributed by atoms with van der Waals surface area (Å²) in [7, 11) is -0.622. The van der Waals surface area contributed by atoms with E-state index in [0.29, 0.717) is 11.3 Å². The summed E-state index contributed by atoms with van der Waals surface area (Å²) >= 11 is 0. The van der Waals surface area contributed by atoms with Gasteiger partial charge in [-0.25, -0.2) is 10.0 Å². The highest BCUT2D eigenvalue weighted by molar-refractivity contribution is 8.34. The van der Waals surface area contributed by atoms with Gasteiger partial charge in [0, 0.05) is 4.75 Å². The van der Waals surface area contributed by atoms with Crippen LogP contribution in [0.3, 0.4) is 0 Å². The van der Waals surface area contributed by atoms with E-state index in [-0.39, 0.29) is 10.9 Å². The molecule has 2 aliphatic rings. The molecule has 1 nitrogen and oxygen atoms in total. The van der Waals surface area contributed by atoms with Crippen LogP contribution >= 0.6 is 10.0 Å². The van der Waals surface area contributed by atoms with Gasteiger partial charge < -0.3 is 5.11 Å². The summed E-state index contributed by atoms with van der Waals surface area (Å²) in [4.78, 5) is 0. The van der Waals surface area contributed by atoms with Crippen molar-refractivity contribution in [1.29, 1.82) is 0 Å². The molecule has 2 rings (SSSR count). The van der Waals surface area contributed by atoms with Crippen molar-refractivity contribution in [1.82, 2.24) is 0 Å². The Labute approximate surface area is 134 Å². The standard InChI is InChI=1S/C19H38OS/c1-18(2,3)16-11-9-15(10-12-16)17(20)19(4,5)21(6)13-7-8-14-21/h15-17,20H,7-14H2,1-6H3. The summed E-state index contributed by atoms with van der Waals surface area (Å²) in [5.41, 5.74) is 0.439. The molecule has 1 N–H and O–H groups in total. The molecule has 0 radical (unpaired) electrons. The van der Waals surface area contributed by atoms with Crippen molar-refractivity contribution >= 4 is 10.0 Å². The van der Waals surface area contributed by atoms with E-state index in [2.05, 4.69) is 40.9 Å². The van der Waals surface area contributed by atoms with Gasteiger partial charge in [-0.1, -0.05) is 20.8 Å². The lowest BCUT2D eigenvalue weighted by molar-refractivity contribution is 0.0343. The molecule has 21 heavy (non-hydrogen) atoms. The van der Waals surface area contributed by atoms with E-state index in [9.17, 15) is 5.11 Å². The van der Waals surface area contributed by atoms with Gasteiger partial charge in [0.05, 0.1) is 6.10 Å². The van der Waals surface area contributed by atoms with Gasteiger partial charge in [-0.3, -0.25) is 0 Å². The first-order valence-corrected chi connectivity index (χ1v) is 11.4. The second kappa shape index (κ2) is 6.07. The molecule has 2 fully saturated rings. The van der Waals surface area contributed by atoms with Gasteiger partial charge in [-0.05, 0) is 87.4 Å². The second-order valence-electron chi connectivity index (χ2n) is 9.42. The molecule has 0 spiro atoms. The van der Waals surface area contributed by atoms with Crippen molar-refractivity contribution in [3.05, 3.63) is 0 Å². The SMILES string of the molecule is CC(C)(C)C1CCC(C(O)C(C)(C)S2(C)CCCC2)CC1. The van der Waals surface area contributed by atoms with Gasteiger partial charge in [0.1, 0.15) is 0 Å². The Kier molecular flexibility index (Phi) is 5.11. The lowest BCUT2D eigenvalue weighted by Gasteiger charge is -2.52. The molecule has 126 valence electrons. The topological polar surface area (TPSA) is 20.2 Å². The van der Waals surface area contributed by atoms with Gasteiger partial charge in [-0.2, -0.15) is 0 Å². The molecule has 1 unspecified atom stereocenters. The summed E-state index contributed by atoms with van der Waals surface area (Å²) < 4.78 is 0.142. The normalized spacial score (nSPS) is 33.7. The molecule has 1 atom stereocenters. The Hall–Kier alpha value is 0.310. The van der Waals surface area contributed by atoms with Crippen molar-refractivity contribution in [3.8, 4) is 0 Å². The van der Waals surface area contributed by atoms with Gasteiger partial charge in [-0.15, -0.1) is 0 Å². The summed E-state index contributed by atoms with van der Waals surface area (Å²) in [6.45, 7) is 11.9. The van der Waals surface area contributed by atoms with E-state index in [4.69, 9.17) is 0 Å². The van der Waals surface area contributed by atoms with Crippen molar-refractivity contribution in [2.24, 2.45) is 17.3 Å². The number of aliphatic hydroxyl groups excluding tert-OH is 1. The Morgan fingerprint density at radius 2 is 1.38 bits per heavy atom. The van der Waals surface area contributed by atoms with Crippen LogP contribution < -0.4 is 0 Å². The average molecular weight is 315 g/mol. The van der Waals surface area contributed by atoms with E-state index >= 15 is 0 Å². The summed E-state index contributed by atoms with van der Waals surface area (Å²) in [6, 6.07) is 0. The lowest BCUT2D eigenvalue weighted by Crippen LogP contribution is -2.47. The minimum atomic E-state index is -0.622. The predicted molar refractivity (Wildman–Crippen MR) is 97.5 cm³/mol. The highest BCUT2D eigenvalue weighted by atomic mass is 32.3. The smallest absolute Gasteiger partial charge is 0.0695 e. The maximum atomic E-state index is 11.1. The van der Waals surface area contributed by atoms with Crippen LogP contribution in [-0.4, -0.2) is 33.7 Å². The Morgan fingerprint density at radius 3 is 1.81 bits per heavy atom. The van der Waals surface area contributed by atoms with E-state index in [1.165, 1.54) is 50.0 Å². The fourth-order valence-corrected chi connectivity index (χ4v) is 8.34. The monoisotopic (exact) mass is 314 g/mol. The maximum Gasteiger partial charge on any atom is 0.0695 e. The molecule has 0 bridgehead atoms. The lowest BCUT2D eigenvalue weighted by atomic mass is 9.68. The third-order valence-electron chi connectivity index (χ3n) is 6.87. The van der Waals surface area contributed by atoms with Crippen LogP contribution in [0.1, 0.15) is 73.1 Å². The molecule has 0 aromatic heterocycles. The third kappa shape index (κ3) is 3.47. The molecule has 1 heterocycles. The molecule has 0 amide bonds. The summed E-state index contributed by atoms with van der Waals surface area (Å²) in [5.74, 6) is 4.16. The van der Waals surface area contributed by atoms with Gasteiger partial charge in [0.15, 0.2) is 0 Å². The molecule has 1 saturated heterocycles. The third-order valence-corrected chi connectivity index (χ3v) is 12.0. The second-order valence-corrected chi connectivity index (χ2v) is 13.8. The van der Waals surface area contributed by atoms with Crippen molar-refractivity contribution in [3.63, 3.8) is 0 Å². The van der Waals surface area contributed by atoms with Gasteiger partial charge in [0.2, 0.25) is 0 Å². The van der Waals surface area contributed by atoms with Crippen LogP contribution in [0.4, 0.5) is 0 Å². The Bertz CT molecular complexity index is 341. The fourth-order valence-electron chi connectivity index (χ4n) is 4.63. The summed E-state index contributed by atoms with van der Waals surface area (Å²) in [6.07, 6.45) is 10.3. The minimum absolute atomic E-state index is 0.0866. The zero-order chi connectivity index (χ0) is 15.9. The maximum absolute atomic E-state index is 11.1. The number of rotatable bonds is 3. The highest BCUT2D eigenvalue weighted by Gasteiger charge is 2.46. The van der Waals surface area contributed by atoms with E-state index in [1.807, 2.05) is 0 Å². The zero-order valence-electron chi connectivity index (χ0n) is 15.2. The van der Waals surface area contributed by atoms with E-state index < -0.39 is 10.0 Å². The molecule has 1 aliphatic carbocycles. The first kappa shape index (κ1) is 17.7. The van der Waals surface area contributed by atoms with Gasteiger partial charge >= 0.3 is 0 Å². The Morgan fingerprint density at radius 1 is 0.905 bits per heavy atom. The van der Waals surface area contributed by atoms with E-state index in [1.54, 1.807) is 0 Å². The molecule has 1 saturated carbocycles. The number of aliphatic hydroxyl groups is 1. The quantitative estimate of drug-likeness (QED) is 0.758. The van der Waals surface area contributed by atoms with Crippen LogP contribution in [0.2, 0.25) is 0 Å². The van der Waals surface area contributed by atoms with E-state index in [0.717, 1.165) is 5.92 Å². The van der Waals surface area contributed by atoms with Gasteiger partial charge in [0.25, 0.3) is 0 Å². The highest BCUT2D eigenvalue weighted by Crippen LogP contribution is 2.63. The number of hydrogen-bond donors (Lipinski definition) is 1. The minimum Gasteiger partial charge on any atom is -0.391 e. The fraction of sp³-hybridized carbons (Fsp3) is 1.00. The van der Waals surface area contributed by atoms with Crippen LogP contribution in [0.15, 0.2) is 0 Å². The van der Waals surface area contributed by atoms with Crippen molar-refractivity contribution in [2.45, 2.75) is 84.0 Å². The predicted octanol–water partition coefficient (Wildman–Crippen LogP) is 5.21. The molecule has 0 aromatic rings. The molecular weight excluding hydrogens is 276 g/mol. The van der Waals surface area contributed by atoms with Crippen LogP contribution in [0, 0.1) is 17.3 Å². The Balaban J connectivity index is 1.99. The molecular formula is C19H38OS. The van der Waals surface area contributed by atoms with Crippen molar-refractivity contribution < 1.29 is 5.11 Å². The van der Waals surface area contributed by atoms with Crippen LogP contribution in [-0.2, 0) is 0 Å². The first-order chi connectivity index (χ1) is 9.58. The zero-order valence-corrected chi connectivity index (χ0v) is 16.1. The molecule has 2 heteroatoms. The van der Waals surface area contributed by atoms with Crippen LogP contribution in [0.5, 0.6) is 0 Å². The number of hydrogen-bond acceptors (Lipinski definition) is 1. The van der Waals surface area contributed by atoms with Crippen molar-refractivity contribution in [2.75, 3.05) is 17.8 Å². The summed E-state index contributed by atoms with van der Waals surface area (Å²) in [5, 5.41) is 11.1. The average Bonchev–Trinajstić information content (AvgIpc) is 2.85. The molecule has 1 aliphatic heterocycles.